The summed E-state index contributed by atoms with van der Waals surface area (Å²) in [6, 6.07) is 0. The Morgan fingerprint density at radius 3 is 3.00 bits per heavy atom. The van der Waals surface area contributed by atoms with Gasteiger partial charge in [-0.25, -0.2) is 4.68 Å². The predicted molar refractivity (Wildman–Crippen MR) is 53.6 cm³/mol. The second kappa shape index (κ2) is 3.70. The lowest BCUT2D eigenvalue weighted by Crippen LogP contribution is -2.02. The molecule has 2 N–H and O–H groups in total. The van der Waals surface area contributed by atoms with E-state index in [1.807, 2.05) is 0 Å². The number of rotatable bonds is 3. The van der Waals surface area contributed by atoms with E-state index in [-0.39, 0.29) is 0 Å². The zero-order chi connectivity index (χ0) is 9.97. The molecule has 0 aliphatic heterocycles. The molecule has 0 bridgehead atoms. The summed E-state index contributed by atoms with van der Waals surface area (Å²) in [6.45, 7) is 2.89. The van der Waals surface area contributed by atoms with Crippen molar-refractivity contribution in [3.8, 4) is 11.4 Å². The maximum absolute atomic E-state index is 5.66. The highest BCUT2D eigenvalue weighted by molar-refractivity contribution is 6.99. The van der Waals surface area contributed by atoms with E-state index in [2.05, 4.69) is 26.0 Å². The highest BCUT2D eigenvalue weighted by atomic mass is 32.1. The van der Waals surface area contributed by atoms with Crippen molar-refractivity contribution in [2.45, 2.75) is 19.9 Å². The Hall–Kier alpha value is -1.50. The van der Waals surface area contributed by atoms with Crippen molar-refractivity contribution in [3.05, 3.63) is 6.20 Å². The topological polar surface area (TPSA) is 82.5 Å². The second-order valence-corrected chi connectivity index (χ2v) is 3.37. The van der Waals surface area contributed by atoms with Crippen molar-refractivity contribution < 1.29 is 0 Å². The number of aryl methyl sites for hydroxylation is 1. The molecule has 6 nitrogen and oxygen atoms in total. The summed E-state index contributed by atoms with van der Waals surface area (Å²) in [6.07, 6.45) is 2.65. The van der Waals surface area contributed by atoms with Crippen molar-refractivity contribution in [3.63, 3.8) is 0 Å². The van der Waals surface area contributed by atoms with Crippen LogP contribution in [0.4, 0.5) is 5.82 Å². The van der Waals surface area contributed by atoms with Crippen LogP contribution in [0.25, 0.3) is 11.4 Å². The molecule has 0 saturated heterocycles. The third-order valence-electron chi connectivity index (χ3n) is 1.81. The fourth-order valence-corrected chi connectivity index (χ4v) is 1.68. The summed E-state index contributed by atoms with van der Waals surface area (Å²) in [4.78, 5) is 0. The first-order chi connectivity index (χ1) is 6.83. The molecule has 0 aromatic carbocycles. The molecule has 0 radical (unpaired) electrons. The van der Waals surface area contributed by atoms with Gasteiger partial charge in [-0.05, 0) is 6.42 Å². The van der Waals surface area contributed by atoms with Gasteiger partial charge in [0.15, 0.2) is 5.82 Å². The first-order valence-electron chi connectivity index (χ1n) is 4.29. The molecule has 2 aromatic heterocycles. The van der Waals surface area contributed by atoms with Crippen molar-refractivity contribution >= 4 is 17.5 Å². The monoisotopic (exact) mass is 210 g/mol. The molecule has 0 fully saturated rings. The summed E-state index contributed by atoms with van der Waals surface area (Å²) in [5.74, 6) is 0.439. The van der Waals surface area contributed by atoms with E-state index in [0.717, 1.165) is 30.4 Å². The zero-order valence-corrected chi connectivity index (χ0v) is 8.53. The average molecular weight is 210 g/mol. The van der Waals surface area contributed by atoms with Gasteiger partial charge >= 0.3 is 0 Å². The zero-order valence-electron chi connectivity index (χ0n) is 7.71. The summed E-state index contributed by atoms with van der Waals surface area (Å²) < 4.78 is 9.80. The molecule has 0 unspecified atom stereocenters. The predicted octanol–water partition coefficient (Wildman–Crippen LogP) is 0.789. The molecule has 2 heterocycles. The van der Waals surface area contributed by atoms with Gasteiger partial charge in [-0.2, -0.15) is 8.75 Å². The molecule has 2 rings (SSSR count). The number of nitrogens with two attached hydrogens (primary N) is 1. The highest BCUT2D eigenvalue weighted by Gasteiger charge is 2.12. The highest BCUT2D eigenvalue weighted by Crippen LogP contribution is 2.22. The van der Waals surface area contributed by atoms with E-state index >= 15 is 0 Å². The maximum Gasteiger partial charge on any atom is 0.167 e. The van der Waals surface area contributed by atoms with E-state index in [1.54, 1.807) is 10.9 Å². The summed E-state index contributed by atoms with van der Waals surface area (Å²) >= 11 is 1.10. The lowest BCUT2D eigenvalue weighted by molar-refractivity contribution is 0.583. The molecular formula is C7H10N6S. The Labute approximate surface area is 85.1 Å². The first kappa shape index (κ1) is 9.07. The minimum atomic E-state index is 0.439. The van der Waals surface area contributed by atoms with Gasteiger partial charge in [-0.3, -0.25) is 0 Å². The fourth-order valence-electron chi connectivity index (χ4n) is 1.19. The quantitative estimate of drug-likeness (QED) is 0.809. The van der Waals surface area contributed by atoms with Crippen molar-refractivity contribution in [1.82, 2.24) is 23.7 Å². The van der Waals surface area contributed by atoms with Gasteiger partial charge in [0.25, 0.3) is 0 Å². The van der Waals surface area contributed by atoms with Crippen LogP contribution in [0, 0.1) is 0 Å². The van der Waals surface area contributed by atoms with E-state index in [9.17, 15) is 0 Å². The van der Waals surface area contributed by atoms with E-state index in [4.69, 9.17) is 5.73 Å². The van der Waals surface area contributed by atoms with Crippen LogP contribution in [0.5, 0.6) is 0 Å². The fraction of sp³-hybridized carbons (Fsp3) is 0.429. The van der Waals surface area contributed by atoms with Crippen LogP contribution < -0.4 is 5.73 Å². The van der Waals surface area contributed by atoms with E-state index < -0.39 is 0 Å². The molecule has 0 saturated carbocycles. The van der Waals surface area contributed by atoms with Gasteiger partial charge in [-0.1, -0.05) is 12.1 Å². The molecular weight excluding hydrogens is 200 g/mol. The molecule has 0 aliphatic carbocycles. The van der Waals surface area contributed by atoms with E-state index in [1.165, 1.54) is 0 Å². The Morgan fingerprint density at radius 1 is 1.50 bits per heavy atom. The number of hydrogen-bond donors (Lipinski definition) is 1. The minimum Gasteiger partial charge on any atom is -0.381 e. The Balaban J connectivity index is 2.41. The summed E-state index contributed by atoms with van der Waals surface area (Å²) in [5.41, 5.74) is 7.17. The lowest BCUT2D eigenvalue weighted by Gasteiger charge is -2.00. The van der Waals surface area contributed by atoms with Crippen LogP contribution in [-0.4, -0.2) is 23.7 Å². The number of nitrogens with zero attached hydrogens (tertiary/aromatic N) is 5. The van der Waals surface area contributed by atoms with Crippen molar-refractivity contribution in [2.24, 2.45) is 0 Å². The Morgan fingerprint density at radius 2 is 2.36 bits per heavy atom. The molecule has 2 aromatic rings. The largest absolute Gasteiger partial charge is 0.381 e. The Bertz CT molecular complexity index is 419. The smallest absolute Gasteiger partial charge is 0.167 e. The average Bonchev–Trinajstić information content (AvgIpc) is 2.74. The van der Waals surface area contributed by atoms with Crippen LogP contribution in [-0.2, 0) is 6.54 Å². The normalized spacial score (nSPS) is 10.6. The van der Waals surface area contributed by atoms with Crippen LogP contribution >= 0.6 is 11.7 Å². The first-order valence-corrected chi connectivity index (χ1v) is 5.03. The van der Waals surface area contributed by atoms with Gasteiger partial charge in [0.05, 0.1) is 17.9 Å². The van der Waals surface area contributed by atoms with Crippen molar-refractivity contribution in [1.29, 1.82) is 0 Å². The van der Waals surface area contributed by atoms with Gasteiger partial charge in [0, 0.05) is 6.54 Å². The molecule has 0 atom stereocenters. The van der Waals surface area contributed by atoms with Gasteiger partial charge < -0.3 is 5.73 Å². The SMILES string of the molecule is CCCn1nncc1-c1nsnc1N. The minimum absolute atomic E-state index is 0.439. The maximum atomic E-state index is 5.66. The molecule has 0 amide bonds. The van der Waals surface area contributed by atoms with Crippen LogP contribution in [0.2, 0.25) is 0 Å². The second-order valence-electron chi connectivity index (χ2n) is 2.84. The molecule has 0 spiro atoms. The molecule has 14 heavy (non-hydrogen) atoms. The number of aromatic nitrogens is 5. The standard InChI is InChI=1S/C7H10N6S/c1-2-3-13-5(4-9-12-13)6-7(8)11-14-10-6/h4H,2-3H2,1H3,(H2,8,11). The summed E-state index contributed by atoms with van der Waals surface area (Å²) in [7, 11) is 0. The molecule has 0 aliphatic rings. The molecule has 74 valence electrons. The number of anilines is 1. The van der Waals surface area contributed by atoms with Gasteiger partial charge in [-0.15, -0.1) is 5.10 Å². The number of nitrogen functional groups attached to an aromatic ring is 1. The van der Waals surface area contributed by atoms with Crippen LogP contribution in [0.1, 0.15) is 13.3 Å². The third-order valence-corrected chi connectivity index (χ3v) is 2.35. The van der Waals surface area contributed by atoms with E-state index in [0.29, 0.717) is 11.5 Å². The van der Waals surface area contributed by atoms with Crippen molar-refractivity contribution in [2.75, 3.05) is 5.73 Å². The van der Waals surface area contributed by atoms with Gasteiger partial charge in [0.2, 0.25) is 0 Å². The molecule has 7 heteroatoms. The van der Waals surface area contributed by atoms with Crippen LogP contribution in [0.3, 0.4) is 0 Å². The van der Waals surface area contributed by atoms with Gasteiger partial charge in [0.1, 0.15) is 11.4 Å². The Kier molecular flexibility index (Phi) is 2.40. The van der Waals surface area contributed by atoms with Crippen LogP contribution in [0.15, 0.2) is 6.20 Å². The lowest BCUT2D eigenvalue weighted by atomic mass is 10.3. The third kappa shape index (κ3) is 1.46. The number of hydrogen-bond acceptors (Lipinski definition) is 6. The summed E-state index contributed by atoms with van der Waals surface area (Å²) in [5, 5.41) is 7.78.